The monoisotopic (exact) mass is 391 g/mol. The molecular weight excluding hydrogens is 370 g/mol. The highest BCUT2D eigenvalue weighted by Gasteiger charge is 2.35. The normalized spacial score (nSPS) is 15.7. The van der Waals surface area contributed by atoms with E-state index in [-0.39, 0.29) is 0 Å². The summed E-state index contributed by atoms with van der Waals surface area (Å²) in [4.78, 5) is 9.84. The lowest BCUT2D eigenvalue weighted by atomic mass is 9.75. The quantitative estimate of drug-likeness (QED) is 0.541. The van der Waals surface area contributed by atoms with E-state index in [1.165, 1.54) is 0 Å². The number of aryl methyl sites for hydroxylation is 2. The fourth-order valence-corrected chi connectivity index (χ4v) is 4.83. The van der Waals surface area contributed by atoms with Gasteiger partial charge in [0.05, 0.1) is 21.5 Å². The minimum Gasteiger partial charge on any atom is -0.385 e. The van der Waals surface area contributed by atoms with Crippen molar-refractivity contribution in [3.8, 4) is 0 Å². The molecule has 142 valence electrons. The summed E-state index contributed by atoms with van der Waals surface area (Å²) >= 11 is 1.57. The summed E-state index contributed by atoms with van der Waals surface area (Å²) in [7, 11) is 0. The maximum atomic E-state index is 10.5. The molecule has 4 aromatic rings. The second-order valence-electron chi connectivity index (χ2n) is 7.53. The lowest BCUT2D eigenvalue weighted by Crippen LogP contribution is -2.33. The van der Waals surface area contributed by atoms with E-state index in [9.17, 15) is 5.11 Å². The molecule has 0 spiro atoms. The Labute approximate surface area is 166 Å². The molecule has 0 bridgehead atoms. The summed E-state index contributed by atoms with van der Waals surface area (Å²) in [6.07, 6.45) is 4.41. The van der Waals surface area contributed by atoms with Crippen molar-refractivity contribution in [3.63, 3.8) is 0 Å². The van der Waals surface area contributed by atoms with E-state index in [2.05, 4.69) is 44.5 Å². The molecule has 0 unspecified atom stereocenters. The predicted molar refractivity (Wildman–Crippen MR) is 112 cm³/mol. The standard InChI is InChI=1S/C21H21N5OS/c1-12-13(2)25-26-20-16(12)17-18(28-20)19(24-11-23-17)22-10-14-4-6-15(7-5-14)21(27)8-3-9-21/h4-7,11,27H,3,8-10H2,1-2H3,(H,22,23,24). The first-order chi connectivity index (χ1) is 13.5. The Morgan fingerprint density at radius 3 is 2.61 bits per heavy atom. The molecule has 6 nitrogen and oxygen atoms in total. The van der Waals surface area contributed by atoms with Gasteiger partial charge in [0.15, 0.2) is 0 Å². The SMILES string of the molecule is Cc1nnc2sc3c(NCc4ccc(C5(O)CCC5)cc4)ncnc3c2c1C. The summed E-state index contributed by atoms with van der Waals surface area (Å²) in [5, 5.41) is 23.5. The minimum absolute atomic E-state index is 0.612. The van der Waals surface area contributed by atoms with Crippen LogP contribution in [0.4, 0.5) is 5.82 Å². The molecule has 7 heteroatoms. The van der Waals surface area contributed by atoms with Crippen LogP contribution >= 0.6 is 11.3 Å². The molecule has 1 fully saturated rings. The first-order valence-electron chi connectivity index (χ1n) is 9.48. The number of nitrogens with zero attached hydrogens (tertiary/aromatic N) is 4. The van der Waals surface area contributed by atoms with Gasteiger partial charge in [0, 0.05) is 11.9 Å². The zero-order valence-electron chi connectivity index (χ0n) is 15.9. The molecule has 28 heavy (non-hydrogen) atoms. The average molecular weight is 392 g/mol. The smallest absolute Gasteiger partial charge is 0.149 e. The van der Waals surface area contributed by atoms with Gasteiger partial charge in [0.1, 0.15) is 17.0 Å². The predicted octanol–water partition coefficient (Wildman–Crippen LogP) is 4.23. The van der Waals surface area contributed by atoms with Crippen LogP contribution < -0.4 is 5.32 Å². The van der Waals surface area contributed by atoms with Gasteiger partial charge in [-0.25, -0.2) is 9.97 Å². The summed E-state index contributed by atoms with van der Waals surface area (Å²) in [6, 6.07) is 8.21. The van der Waals surface area contributed by atoms with Crippen molar-refractivity contribution in [2.75, 3.05) is 5.32 Å². The van der Waals surface area contributed by atoms with Crippen LogP contribution in [0.1, 0.15) is 41.6 Å². The van der Waals surface area contributed by atoms with Crippen molar-refractivity contribution in [2.24, 2.45) is 0 Å². The summed E-state index contributed by atoms with van der Waals surface area (Å²) < 4.78 is 1.00. The summed E-state index contributed by atoms with van der Waals surface area (Å²) in [5.41, 5.74) is 4.51. The van der Waals surface area contributed by atoms with Gasteiger partial charge in [-0.15, -0.1) is 16.4 Å². The van der Waals surface area contributed by atoms with Crippen molar-refractivity contribution < 1.29 is 5.11 Å². The Balaban J connectivity index is 1.43. The summed E-state index contributed by atoms with van der Waals surface area (Å²) in [5.74, 6) is 0.812. The van der Waals surface area contributed by atoms with Gasteiger partial charge in [-0.2, -0.15) is 5.10 Å². The molecule has 5 rings (SSSR count). The van der Waals surface area contributed by atoms with Gasteiger partial charge in [-0.3, -0.25) is 0 Å². The molecule has 0 radical (unpaired) electrons. The van der Waals surface area contributed by atoms with E-state index in [0.29, 0.717) is 6.54 Å². The molecule has 0 saturated heterocycles. The third-order valence-electron chi connectivity index (χ3n) is 5.79. The Kier molecular flexibility index (Phi) is 4.03. The maximum Gasteiger partial charge on any atom is 0.149 e. The summed E-state index contributed by atoms with van der Waals surface area (Å²) in [6.45, 7) is 4.68. The highest BCUT2D eigenvalue weighted by Crippen LogP contribution is 2.41. The van der Waals surface area contributed by atoms with Gasteiger partial charge in [-0.05, 0) is 49.8 Å². The van der Waals surface area contributed by atoms with Gasteiger partial charge < -0.3 is 10.4 Å². The van der Waals surface area contributed by atoms with Gasteiger partial charge in [0.25, 0.3) is 0 Å². The van der Waals surface area contributed by atoms with Crippen LogP contribution in [0.5, 0.6) is 0 Å². The third-order valence-corrected chi connectivity index (χ3v) is 6.86. The van der Waals surface area contributed by atoms with E-state index < -0.39 is 5.60 Å². The molecule has 1 aromatic carbocycles. The van der Waals surface area contributed by atoms with Gasteiger partial charge >= 0.3 is 0 Å². The highest BCUT2D eigenvalue weighted by atomic mass is 32.1. The van der Waals surface area contributed by atoms with Gasteiger partial charge in [-0.1, -0.05) is 24.3 Å². The molecule has 1 aliphatic carbocycles. The zero-order chi connectivity index (χ0) is 19.3. The number of aliphatic hydroxyl groups is 1. The fourth-order valence-electron chi connectivity index (χ4n) is 3.73. The van der Waals surface area contributed by atoms with Crippen LogP contribution in [0.2, 0.25) is 0 Å². The molecule has 1 aliphatic rings. The van der Waals surface area contributed by atoms with Crippen LogP contribution in [0, 0.1) is 13.8 Å². The number of hydrogen-bond acceptors (Lipinski definition) is 7. The lowest BCUT2D eigenvalue weighted by Gasteiger charge is -2.37. The molecule has 0 aliphatic heterocycles. The van der Waals surface area contributed by atoms with E-state index in [4.69, 9.17) is 0 Å². The Morgan fingerprint density at radius 2 is 1.89 bits per heavy atom. The Bertz CT molecular complexity index is 1180. The molecule has 0 amide bonds. The topological polar surface area (TPSA) is 83.8 Å². The van der Waals surface area contributed by atoms with Crippen LogP contribution in [0.25, 0.3) is 20.4 Å². The highest BCUT2D eigenvalue weighted by molar-refractivity contribution is 7.25. The maximum absolute atomic E-state index is 10.5. The number of rotatable bonds is 4. The van der Waals surface area contributed by atoms with Crippen LogP contribution in [0.3, 0.4) is 0 Å². The van der Waals surface area contributed by atoms with Crippen LogP contribution in [0.15, 0.2) is 30.6 Å². The third kappa shape index (κ3) is 2.73. The number of hydrogen-bond donors (Lipinski definition) is 2. The van der Waals surface area contributed by atoms with Crippen molar-refractivity contribution in [1.29, 1.82) is 0 Å². The number of aromatic nitrogens is 4. The number of benzene rings is 1. The van der Waals surface area contributed by atoms with E-state index in [1.807, 2.05) is 19.1 Å². The van der Waals surface area contributed by atoms with Crippen LogP contribution in [-0.4, -0.2) is 25.3 Å². The molecule has 1 saturated carbocycles. The molecule has 2 N–H and O–H groups in total. The van der Waals surface area contributed by atoms with Gasteiger partial charge in [0.2, 0.25) is 0 Å². The average Bonchev–Trinajstić information content (AvgIpc) is 3.07. The van der Waals surface area contributed by atoms with Crippen molar-refractivity contribution in [3.05, 3.63) is 53.0 Å². The van der Waals surface area contributed by atoms with Crippen molar-refractivity contribution in [1.82, 2.24) is 20.2 Å². The van der Waals surface area contributed by atoms with Crippen molar-refractivity contribution >= 4 is 37.6 Å². The lowest BCUT2D eigenvalue weighted by molar-refractivity contribution is -0.0388. The molecular formula is C21H21N5OS. The zero-order valence-corrected chi connectivity index (χ0v) is 16.7. The largest absolute Gasteiger partial charge is 0.385 e. The molecule has 3 heterocycles. The second-order valence-corrected chi connectivity index (χ2v) is 8.53. The van der Waals surface area contributed by atoms with Crippen LogP contribution in [-0.2, 0) is 12.1 Å². The van der Waals surface area contributed by atoms with E-state index in [1.54, 1.807) is 17.7 Å². The number of nitrogens with one attached hydrogen (secondary N) is 1. The fraction of sp³-hybridized carbons (Fsp3) is 0.333. The second kappa shape index (κ2) is 6.46. The number of fused-ring (bicyclic) bond motifs is 3. The van der Waals surface area contributed by atoms with E-state index >= 15 is 0 Å². The minimum atomic E-state index is -0.612. The van der Waals surface area contributed by atoms with Crippen molar-refractivity contribution in [2.45, 2.75) is 45.3 Å². The number of anilines is 1. The van der Waals surface area contributed by atoms with E-state index in [0.717, 1.165) is 67.9 Å². The molecule has 0 atom stereocenters. The molecule has 3 aromatic heterocycles. The first kappa shape index (κ1) is 17.5. The Hall–Kier alpha value is -2.64. The Morgan fingerprint density at radius 1 is 1.11 bits per heavy atom. The first-order valence-corrected chi connectivity index (χ1v) is 10.3. The number of thiophene rings is 1.